The fourth-order valence-corrected chi connectivity index (χ4v) is 1.16. The molecule has 0 aromatic carbocycles. The topological polar surface area (TPSA) is 96.1 Å². The number of rotatable bonds is 5. The lowest BCUT2D eigenvalue weighted by Gasteiger charge is -2.11. The molecule has 1 atom stereocenters. The lowest BCUT2D eigenvalue weighted by molar-refractivity contribution is -0.141. The van der Waals surface area contributed by atoms with Gasteiger partial charge in [0.2, 0.25) is 5.95 Å². The van der Waals surface area contributed by atoms with Gasteiger partial charge in [-0.05, 0) is 13.3 Å². The summed E-state index contributed by atoms with van der Waals surface area (Å²) in [5.74, 6) is 4.66. The van der Waals surface area contributed by atoms with E-state index in [0.717, 1.165) is 6.07 Å². The van der Waals surface area contributed by atoms with Gasteiger partial charge < -0.3 is 10.4 Å². The first-order valence-corrected chi connectivity index (χ1v) is 5.17. The van der Waals surface area contributed by atoms with Gasteiger partial charge >= 0.3 is 6.18 Å². The van der Waals surface area contributed by atoms with E-state index in [9.17, 15) is 13.2 Å². The van der Waals surface area contributed by atoms with Crippen molar-refractivity contribution in [2.24, 2.45) is 5.84 Å². The van der Waals surface area contributed by atoms with E-state index >= 15 is 0 Å². The molecule has 0 saturated carbocycles. The molecular formula is C9H14F3N5O. The number of hydrogen-bond donors (Lipinski definition) is 4. The molecule has 1 rings (SSSR count). The van der Waals surface area contributed by atoms with Gasteiger partial charge in [-0.3, -0.25) is 5.43 Å². The molecule has 6 nitrogen and oxygen atoms in total. The summed E-state index contributed by atoms with van der Waals surface area (Å²) < 4.78 is 37.5. The van der Waals surface area contributed by atoms with E-state index in [4.69, 9.17) is 10.9 Å². The van der Waals surface area contributed by atoms with Crippen LogP contribution in [0.4, 0.5) is 24.9 Å². The number of aliphatic hydroxyl groups is 1. The van der Waals surface area contributed by atoms with Gasteiger partial charge in [0.25, 0.3) is 0 Å². The number of hydrogen-bond acceptors (Lipinski definition) is 6. The minimum Gasteiger partial charge on any atom is -0.393 e. The number of anilines is 2. The average Bonchev–Trinajstić information content (AvgIpc) is 2.27. The smallest absolute Gasteiger partial charge is 0.393 e. The number of nitrogens with one attached hydrogen (secondary N) is 2. The number of halogens is 3. The number of aliphatic hydroxyl groups excluding tert-OH is 1. The molecule has 0 fully saturated rings. The minimum absolute atomic E-state index is 0.00840. The fraction of sp³-hybridized carbons (Fsp3) is 0.556. The molecule has 0 aliphatic rings. The summed E-state index contributed by atoms with van der Waals surface area (Å²) in [5.41, 5.74) is 0.875. The molecule has 0 aliphatic carbocycles. The van der Waals surface area contributed by atoms with Gasteiger partial charge in [0.15, 0.2) is 5.69 Å². The largest absolute Gasteiger partial charge is 0.433 e. The molecule has 102 valence electrons. The Bertz CT molecular complexity index is 396. The average molecular weight is 265 g/mol. The summed E-state index contributed by atoms with van der Waals surface area (Å²) in [5, 5.41) is 11.7. The molecule has 0 amide bonds. The van der Waals surface area contributed by atoms with E-state index < -0.39 is 18.0 Å². The van der Waals surface area contributed by atoms with Crippen LogP contribution in [0.25, 0.3) is 0 Å². The standard InChI is InChI=1S/C9H14F3N5O/c1-5(18)2-3-14-7-4-6(9(10,11)12)15-8(16-7)17-13/h4-5,18H,2-3,13H2,1H3,(H2,14,15,16,17). The van der Waals surface area contributed by atoms with Gasteiger partial charge in [-0.1, -0.05) is 0 Å². The Morgan fingerprint density at radius 3 is 2.61 bits per heavy atom. The summed E-state index contributed by atoms with van der Waals surface area (Å²) in [6.45, 7) is 1.87. The Kier molecular flexibility index (Phi) is 4.68. The van der Waals surface area contributed by atoms with Gasteiger partial charge in [-0.15, -0.1) is 0 Å². The van der Waals surface area contributed by atoms with Gasteiger partial charge in [-0.25, -0.2) is 10.8 Å². The Hall–Kier alpha value is -1.61. The van der Waals surface area contributed by atoms with E-state index in [0.29, 0.717) is 6.42 Å². The first kappa shape index (κ1) is 14.5. The molecule has 0 saturated heterocycles. The molecule has 0 spiro atoms. The molecule has 5 N–H and O–H groups in total. The summed E-state index contributed by atoms with van der Waals surface area (Å²) in [6.07, 6.45) is -4.74. The number of aromatic nitrogens is 2. The second-order valence-corrected chi connectivity index (χ2v) is 3.67. The Labute approximate surface area is 101 Å². The second-order valence-electron chi connectivity index (χ2n) is 3.67. The highest BCUT2D eigenvalue weighted by Gasteiger charge is 2.33. The van der Waals surface area contributed by atoms with Crippen LogP contribution in [-0.2, 0) is 6.18 Å². The summed E-state index contributed by atoms with van der Waals surface area (Å²) in [4.78, 5) is 6.93. The van der Waals surface area contributed by atoms with Crippen LogP contribution in [0.2, 0.25) is 0 Å². The van der Waals surface area contributed by atoms with Crippen molar-refractivity contribution >= 4 is 11.8 Å². The molecule has 9 heteroatoms. The zero-order chi connectivity index (χ0) is 13.8. The highest BCUT2D eigenvalue weighted by atomic mass is 19.4. The zero-order valence-corrected chi connectivity index (χ0v) is 9.62. The number of nitrogen functional groups attached to an aromatic ring is 1. The highest BCUT2D eigenvalue weighted by Crippen LogP contribution is 2.29. The van der Waals surface area contributed by atoms with Gasteiger partial charge in [0.1, 0.15) is 5.82 Å². The van der Waals surface area contributed by atoms with Crippen LogP contribution in [0.15, 0.2) is 6.07 Å². The van der Waals surface area contributed by atoms with Crippen molar-refractivity contribution in [3.8, 4) is 0 Å². The number of nitrogens with two attached hydrogens (primary N) is 1. The Morgan fingerprint density at radius 2 is 2.11 bits per heavy atom. The molecule has 1 aromatic heterocycles. The Morgan fingerprint density at radius 1 is 1.44 bits per heavy atom. The van der Waals surface area contributed by atoms with Crippen LogP contribution in [0.1, 0.15) is 19.0 Å². The van der Waals surface area contributed by atoms with E-state index in [-0.39, 0.29) is 18.3 Å². The molecule has 0 aliphatic heterocycles. The lowest BCUT2D eigenvalue weighted by Crippen LogP contribution is -2.17. The van der Waals surface area contributed by atoms with E-state index in [1.807, 2.05) is 5.43 Å². The van der Waals surface area contributed by atoms with Crippen molar-refractivity contribution in [1.29, 1.82) is 0 Å². The van der Waals surface area contributed by atoms with Crippen molar-refractivity contribution in [2.75, 3.05) is 17.3 Å². The summed E-state index contributed by atoms with van der Waals surface area (Å²) in [7, 11) is 0. The maximum atomic E-state index is 12.5. The molecule has 0 bridgehead atoms. The number of alkyl halides is 3. The van der Waals surface area contributed by atoms with Crippen LogP contribution in [0.5, 0.6) is 0 Å². The number of nitrogens with zero attached hydrogens (tertiary/aromatic N) is 2. The summed E-state index contributed by atoms with van der Waals surface area (Å²) in [6, 6.07) is 0.781. The van der Waals surface area contributed by atoms with E-state index in [1.165, 1.54) is 0 Å². The van der Waals surface area contributed by atoms with E-state index in [2.05, 4.69) is 15.3 Å². The highest BCUT2D eigenvalue weighted by molar-refractivity contribution is 5.42. The molecule has 1 aromatic rings. The SMILES string of the molecule is CC(O)CCNc1cc(C(F)(F)F)nc(NN)n1. The second kappa shape index (κ2) is 5.83. The normalized spacial score (nSPS) is 13.2. The van der Waals surface area contributed by atoms with Crippen molar-refractivity contribution in [2.45, 2.75) is 25.6 Å². The van der Waals surface area contributed by atoms with Crippen molar-refractivity contribution in [3.05, 3.63) is 11.8 Å². The number of hydrazine groups is 1. The molecule has 18 heavy (non-hydrogen) atoms. The summed E-state index contributed by atoms with van der Waals surface area (Å²) >= 11 is 0. The minimum atomic E-state index is -4.57. The van der Waals surface area contributed by atoms with Crippen molar-refractivity contribution in [1.82, 2.24) is 9.97 Å². The molecule has 0 radical (unpaired) electrons. The Balaban J connectivity index is 2.84. The monoisotopic (exact) mass is 265 g/mol. The van der Waals surface area contributed by atoms with Crippen LogP contribution < -0.4 is 16.6 Å². The van der Waals surface area contributed by atoms with Gasteiger partial charge in [-0.2, -0.15) is 18.2 Å². The third kappa shape index (κ3) is 4.34. The first-order chi connectivity index (χ1) is 8.32. The molecule has 1 unspecified atom stereocenters. The van der Waals surface area contributed by atoms with Crippen LogP contribution in [0.3, 0.4) is 0 Å². The van der Waals surface area contributed by atoms with E-state index in [1.54, 1.807) is 6.92 Å². The molecule has 1 heterocycles. The fourth-order valence-electron chi connectivity index (χ4n) is 1.16. The van der Waals surface area contributed by atoms with Crippen LogP contribution in [0, 0.1) is 0 Å². The maximum absolute atomic E-state index is 12.5. The maximum Gasteiger partial charge on any atom is 0.433 e. The van der Waals surface area contributed by atoms with Gasteiger partial charge in [0.05, 0.1) is 6.10 Å². The van der Waals surface area contributed by atoms with Crippen LogP contribution in [-0.4, -0.2) is 27.7 Å². The van der Waals surface area contributed by atoms with Crippen molar-refractivity contribution in [3.63, 3.8) is 0 Å². The van der Waals surface area contributed by atoms with Gasteiger partial charge in [0, 0.05) is 12.6 Å². The van der Waals surface area contributed by atoms with Crippen LogP contribution >= 0.6 is 0 Å². The van der Waals surface area contributed by atoms with Crippen molar-refractivity contribution < 1.29 is 18.3 Å². The zero-order valence-electron chi connectivity index (χ0n) is 9.62. The lowest BCUT2D eigenvalue weighted by atomic mass is 10.3. The third-order valence-electron chi connectivity index (χ3n) is 2.01. The quantitative estimate of drug-likeness (QED) is 0.468. The predicted molar refractivity (Wildman–Crippen MR) is 59.6 cm³/mol. The molecular weight excluding hydrogens is 251 g/mol. The first-order valence-electron chi connectivity index (χ1n) is 5.17. The predicted octanol–water partition coefficient (Wildman–Crippen LogP) is 0.964. The third-order valence-corrected chi connectivity index (χ3v) is 2.01.